The number of piperidine rings is 1. The van der Waals surface area contributed by atoms with E-state index in [9.17, 15) is 13.2 Å². The first kappa shape index (κ1) is 28.2. The van der Waals surface area contributed by atoms with Crippen molar-refractivity contribution >= 4 is 38.7 Å². The van der Waals surface area contributed by atoms with Gasteiger partial charge in [0.25, 0.3) is 0 Å². The summed E-state index contributed by atoms with van der Waals surface area (Å²) in [6.45, 7) is 4.03. The SMILES string of the molecule is CC(=O)Nc1cncnc1N1CC[C@@H](c2nc3c(-c4ccc(-c5ccccc5)nc4)cnn3c(N)c2S(C)(=O)=O)C[C@@H]1C. The van der Waals surface area contributed by atoms with Gasteiger partial charge in [0.2, 0.25) is 5.91 Å². The second-order valence-electron chi connectivity index (χ2n) is 10.8. The molecule has 0 spiro atoms. The van der Waals surface area contributed by atoms with E-state index in [4.69, 9.17) is 10.7 Å². The van der Waals surface area contributed by atoms with Crippen LogP contribution in [0.25, 0.3) is 28.0 Å². The molecule has 5 heterocycles. The molecule has 1 aliphatic heterocycles. The Bertz CT molecular complexity index is 1930. The zero-order valence-corrected chi connectivity index (χ0v) is 24.8. The summed E-state index contributed by atoms with van der Waals surface area (Å²) in [5.41, 5.74) is 11.3. The molecule has 5 aromatic rings. The van der Waals surface area contributed by atoms with Gasteiger partial charge in [-0.1, -0.05) is 36.4 Å². The average molecular weight is 598 g/mol. The number of amides is 1. The molecule has 1 fully saturated rings. The molecule has 43 heavy (non-hydrogen) atoms. The molecule has 12 nitrogen and oxygen atoms in total. The Balaban J connectivity index is 1.38. The largest absolute Gasteiger partial charge is 0.382 e. The molecule has 4 aromatic heterocycles. The van der Waals surface area contributed by atoms with Crippen LogP contribution in [0.5, 0.6) is 0 Å². The van der Waals surface area contributed by atoms with Gasteiger partial charge in [-0.05, 0) is 25.8 Å². The fraction of sp³-hybridized carbons (Fsp3) is 0.267. The minimum Gasteiger partial charge on any atom is -0.382 e. The number of hydrogen-bond donors (Lipinski definition) is 2. The van der Waals surface area contributed by atoms with Crippen LogP contribution in [0.4, 0.5) is 17.3 Å². The molecule has 6 rings (SSSR count). The van der Waals surface area contributed by atoms with Gasteiger partial charge in [0.05, 0.1) is 23.8 Å². The number of anilines is 3. The van der Waals surface area contributed by atoms with Gasteiger partial charge in [-0.25, -0.2) is 23.4 Å². The molecule has 220 valence electrons. The van der Waals surface area contributed by atoms with E-state index in [1.165, 1.54) is 17.8 Å². The van der Waals surface area contributed by atoms with Crippen LogP contribution in [-0.2, 0) is 14.6 Å². The number of hydrogen-bond acceptors (Lipinski definition) is 10. The summed E-state index contributed by atoms with van der Waals surface area (Å²) in [6, 6.07) is 13.7. The first-order valence-electron chi connectivity index (χ1n) is 13.8. The van der Waals surface area contributed by atoms with Crippen molar-refractivity contribution in [2.24, 2.45) is 0 Å². The Morgan fingerprint density at radius 3 is 2.51 bits per heavy atom. The lowest BCUT2D eigenvalue weighted by molar-refractivity contribution is -0.114. The highest BCUT2D eigenvalue weighted by Gasteiger charge is 2.34. The molecule has 3 N–H and O–H groups in total. The highest BCUT2D eigenvalue weighted by molar-refractivity contribution is 7.91. The third-order valence-electron chi connectivity index (χ3n) is 7.72. The number of aromatic nitrogens is 6. The van der Waals surface area contributed by atoms with Crippen LogP contribution in [0.1, 0.15) is 38.3 Å². The lowest BCUT2D eigenvalue weighted by atomic mass is 9.88. The minimum absolute atomic E-state index is 0.00109. The number of sulfone groups is 1. The standard InChI is InChI=1S/C30H31N9O3S/c1-18-13-21(11-12-38(18)30-25(36-19(2)40)16-32-17-34-30)26-27(43(3,41)42)28(31)39-29(37-26)23(15-35-39)22-9-10-24(33-14-22)20-7-5-4-6-8-20/h4-10,14-18,21H,11-13,31H2,1-3H3,(H,36,40)/t18-,21+/m0/s1. The Morgan fingerprint density at radius 1 is 1.05 bits per heavy atom. The zero-order valence-electron chi connectivity index (χ0n) is 24.0. The molecule has 0 unspecified atom stereocenters. The normalized spacial score (nSPS) is 17.2. The Labute approximate surface area is 249 Å². The fourth-order valence-electron chi connectivity index (χ4n) is 5.78. The van der Waals surface area contributed by atoms with E-state index in [0.29, 0.717) is 47.8 Å². The average Bonchev–Trinajstić information content (AvgIpc) is 3.42. The van der Waals surface area contributed by atoms with Crippen LogP contribution in [0.15, 0.2) is 72.3 Å². The predicted molar refractivity (Wildman–Crippen MR) is 164 cm³/mol. The number of pyridine rings is 1. The van der Waals surface area contributed by atoms with Crippen molar-refractivity contribution < 1.29 is 13.2 Å². The number of nitrogens with one attached hydrogen (secondary N) is 1. The van der Waals surface area contributed by atoms with Crippen molar-refractivity contribution in [3.8, 4) is 22.4 Å². The first-order valence-corrected chi connectivity index (χ1v) is 15.7. The fourth-order valence-corrected chi connectivity index (χ4v) is 6.83. The topological polar surface area (TPSA) is 161 Å². The van der Waals surface area contributed by atoms with Crippen molar-refractivity contribution in [3.05, 3.63) is 73.1 Å². The molecule has 1 amide bonds. The first-order chi connectivity index (χ1) is 20.6. The van der Waals surface area contributed by atoms with Crippen LogP contribution >= 0.6 is 0 Å². The van der Waals surface area contributed by atoms with Crippen molar-refractivity contribution in [1.29, 1.82) is 0 Å². The number of nitrogen functional groups attached to an aromatic ring is 1. The molecule has 1 aromatic carbocycles. The lowest BCUT2D eigenvalue weighted by Crippen LogP contribution is -2.41. The van der Waals surface area contributed by atoms with Crippen molar-refractivity contribution in [3.63, 3.8) is 0 Å². The summed E-state index contributed by atoms with van der Waals surface area (Å²) < 4.78 is 27.6. The van der Waals surface area contributed by atoms with E-state index in [1.54, 1.807) is 18.6 Å². The van der Waals surface area contributed by atoms with Crippen LogP contribution < -0.4 is 16.0 Å². The van der Waals surface area contributed by atoms with Gasteiger partial charge in [-0.15, -0.1) is 0 Å². The summed E-state index contributed by atoms with van der Waals surface area (Å²) >= 11 is 0. The molecule has 0 saturated carbocycles. The maximum atomic E-state index is 13.1. The van der Waals surface area contributed by atoms with Crippen LogP contribution in [0.3, 0.4) is 0 Å². The Kier molecular flexibility index (Phi) is 7.26. The van der Waals surface area contributed by atoms with E-state index in [2.05, 4.69) is 30.3 Å². The number of carbonyl (C=O) groups excluding carboxylic acids is 1. The summed E-state index contributed by atoms with van der Waals surface area (Å²) in [4.78, 5) is 31.9. The number of fused-ring (bicyclic) bond motifs is 1. The van der Waals surface area contributed by atoms with E-state index < -0.39 is 9.84 Å². The maximum Gasteiger partial charge on any atom is 0.221 e. The Hall–Kier alpha value is -4.91. The number of benzene rings is 1. The van der Waals surface area contributed by atoms with Gasteiger partial charge in [-0.2, -0.15) is 9.61 Å². The zero-order chi connectivity index (χ0) is 30.3. The molecule has 0 radical (unpaired) electrons. The molecule has 1 aliphatic rings. The summed E-state index contributed by atoms with van der Waals surface area (Å²) in [6.07, 6.45) is 8.74. The van der Waals surface area contributed by atoms with Crippen LogP contribution in [-0.4, -0.2) is 62.7 Å². The number of nitrogens with zero attached hydrogens (tertiary/aromatic N) is 7. The van der Waals surface area contributed by atoms with Gasteiger partial charge >= 0.3 is 0 Å². The van der Waals surface area contributed by atoms with Crippen molar-refractivity contribution in [2.75, 3.05) is 28.8 Å². The van der Waals surface area contributed by atoms with Crippen LogP contribution in [0.2, 0.25) is 0 Å². The van der Waals surface area contributed by atoms with E-state index >= 15 is 0 Å². The monoisotopic (exact) mass is 597 g/mol. The minimum atomic E-state index is -3.74. The third kappa shape index (κ3) is 5.39. The van der Waals surface area contributed by atoms with Gasteiger partial charge in [0.15, 0.2) is 21.3 Å². The highest BCUT2D eigenvalue weighted by Crippen LogP contribution is 2.40. The molecule has 13 heteroatoms. The molecule has 0 bridgehead atoms. The quantitative estimate of drug-likeness (QED) is 0.293. The number of nitrogens with two attached hydrogens (primary N) is 1. The second-order valence-corrected chi connectivity index (χ2v) is 12.7. The van der Waals surface area contributed by atoms with Crippen LogP contribution in [0, 0.1) is 0 Å². The summed E-state index contributed by atoms with van der Waals surface area (Å²) in [5.74, 6) is 0.231. The van der Waals surface area contributed by atoms with Crippen molar-refractivity contribution in [2.45, 2.75) is 43.5 Å². The molecular weight excluding hydrogens is 566 g/mol. The van der Waals surface area contributed by atoms with Gasteiger partial charge < -0.3 is 16.0 Å². The van der Waals surface area contributed by atoms with Crippen molar-refractivity contribution in [1.82, 2.24) is 29.5 Å². The molecule has 2 atom stereocenters. The number of carbonyl (C=O) groups is 1. The highest BCUT2D eigenvalue weighted by atomic mass is 32.2. The predicted octanol–water partition coefficient (Wildman–Crippen LogP) is 3.96. The maximum absolute atomic E-state index is 13.1. The summed E-state index contributed by atoms with van der Waals surface area (Å²) in [5, 5.41) is 7.21. The number of rotatable bonds is 6. The second kappa shape index (κ2) is 11.1. The summed E-state index contributed by atoms with van der Waals surface area (Å²) in [7, 11) is -3.74. The van der Waals surface area contributed by atoms with Gasteiger partial charge in [0, 0.05) is 54.6 Å². The van der Waals surface area contributed by atoms with E-state index in [-0.39, 0.29) is 28.6 Å². The molecular formula is C30H31N9O3S. The smallest absolute Gasteiger partial charge is 0.221 e. The van der Waals surface area contributed by atoms with Gasteiger partial charge in [0.1, 0.15) is 22.7 Å². The Morgan fingerprint density at radius 2 is 1.84 bits per heavy atom. The van der Waals surface area contributed by atoms with Gasteiger partial charge in [-0.3, -0.25) is 9.78 Å². The third-order valence-corrected chi connectivity index (χ3v) is 8.88. The molecule has 1 saturated heterocycles. The van der Waals surface area contributed by atoms with E-state index in [0.717, 1.165) is 23.1 Å². The lowest BCUT2D eigenvalue weighted by Gasteiger charge is -2.39. The molecule has 0 aliphatic carbocycles. The van der Waals surface area contributed by atoms with E-state index in [1.807, 2.05) is 49.4 Å².